The van der Waals surface area contributed by atoms with Crippen LogP contribution in [0, 0.1) is 0 Å². The zero-order chi connectivity index (χ0) is 20.1. The number of aromatic nitrogens is 2. The van der Waals surface area contributed by atoms with E-state index in [2.05, 4.69) is 9.88 Å². The molecule has 0 aliphatic carbocycles. The van der Waals surface area contributed by atoms with E-state index in [-0.39, 0.29) is 5.91 Å². The summed E-state index contributed by atoms with van der Waals surface area (Å²) >= 11 is 7.33. The number of nitrogens with zero attached hydrogens (tertiary/aromatic N) is 2. The summed E-state index contributed by atoms with van der Waals surface area (Å²) in [4.78, 5) is 17.7. The number of fused-ring (bicyclic) bond motifs is 1. The fourth-order valence-corrected chi connectivity index (χ4v) is 3.87. The number of carbonyl (C=O) groups excluding carboxylic acids is 1. The van der Waals surface area contributed by atoms with Gasteiger partial charge in [-0.2, -0.15) is 0 Å². The second kappa shape index (κ2) is 9.11. The minimum atomic E-state index is -0.0790. The van der Waals surface area contributed by atoms with Crippen molar-refractivity contribution in [2.45, 2.75) is 19.5 Å². The lowest BCUT2D eigenvalue weighted by Gasteiger charge is -2.11. The molecule has 0 fully saturated rings. The highest BCUT2D eigenvalue weighted by atomic mass is 35.5. The lowest BCUT2D eigenvalue weighted by molar-refractivity contribution is 0.0953. The van der Waals surface area contributed by atoms with E-state index in [0.29, 0.717) is 23.1 Å². The fraction of sp³-hybridized carbons (Fsp3) is 0.182. The van der Waals surface area contributed by atoms with E-state index in [4.69, 9.17) is 21.3 Å². The van der Waals surface area contributed by atoms with Crippen LogP contribution in [0.25, 0.3) is 11.0 Å². The first-order valence-electron chi connectivity index (χ1n) is 9.35. The highest BCUT2D eigenvalue weighted by Crippen LogP contribution is 2.18. The molecule has 2 heterocycles. The number of imidazole rings is 1. The van der Waals surface area contributed by atoms with Crippen LogP contribution < -0.4 is 10.1 Å². The Morgan fingerprint density at radius 2 is 1.93 bits per heavy atom. The van der Waals surface area contributed by atoms with E-state index in [1.807, 2.05) is 66.0 Å². The number of halogens is 1. The Morgan fingerprint density at radius 3 is 2.72 bits per heavy atom. The molecule has 4 rings (SSSR count). The smallest absolute Gasteiger partial charge is 0.261 e. The minimum Gasteiger partial charge on any atom is -0.494 e. The van der Waals surface area contributed by atoms with Gasteiger partial charge in [0.15, 0.2) is 0 Å². The third kappa shape index (κ3) is 4.78. The van der Waals surface area contributed by atoms with Crippen molar-refractivity contribution in [1.82, 2.24) is 14.9 Å². The first-order chi connectivity index (χ1) is 14.2. The van der Waals surface area contributed by atoms with Gasteiger partial charge in [-0.05, 0) is 54.3 Å². The summed E-state index contributed by atoms with van der Waals surface area (Å²) in [6.07, 6.45) is 0.814. The molecule has 0 atom stereocenters. The highest BCUT2D eigenvalue weighted by molar-refractivity contribution is 7.12. The van der Waals surface area contributed by atoms with Gasteiger partial charge in [0.1, 0.15) is 11.6 Å². The van der Waals surface area contributed by atoms with Crippen molar-refractivity contribution in [2.24, 2.45) is 0 Å². The maximum absolute atomic E-state index is 12.3. The molecule has 0 radical (unpaired) electrons. The first-order valence-corrected chi connectivity index (χ1v) is 10.6. The third-order valence-electron chi connectivity index (χ3n) is 4.49. The molecular weight excluding hydrogens is 406 g/mol. The van der Waals surface area contributed by atoms with Crippen molar-refractivity contribution in [3.8, 4) is 5.75 Å². The van der Waals surface area contributed by atoms with E-state index in [9.17, 15) is 4.79 Å². The molecule has 0 spiro atoms. The summed E-state index contributed by atoms with van der Waals surface area (Å²) in [6.45, 7) is 1.71. The maximum Gasteiger partial charge on any atom is 0.261 e. The summed E-state index contributed by atoms with van der Waals surface area (Å²) in [5, 5.41) is 5.55. The van der Waals surface area contributed by atoms with Crippen molar-refractivity contribution in [1.29, 1.82) is 0 Å². The Bertz CT molecular complexity index is 1090. The predicted octanol–water partition coefficient (Wildman–Crippen LogP) is 5.15. The Kier molecular flexibility index (Phi) is 6.12. The van der Waals surface area contributed by atoms with Gasteiger partial charge in [0.2, 0.25) is 0 Å². The van der Waals surface area contributed by atoms with E-state index in [1.165, 1.54) is 11.3 Å². The number of ether oxygens (including phenoxy) is 1. The van der Waals surface area contributed by atoms with Gasteiger partial charge in [0.05, 0.1) is 29.1 Å². The monoisotopic (exact) mass is 425 g/mol. The average Bonchev–Trinajstić information content (AvgIpc) is 3.39. The number of benzene rings is 2. The summed E-state index contributed by atoms with van der Waals surface area (Å²) in [5.41, 5.74) is 1.98. The molecule has 7 heteroatoms. The van der Waals surface area contributed by atoms with Crippen LogP contribution in [-0.4, -0.2) is 22.1 Å². The minimum absolute atomic E-state index is 0.0790. The van der Waals surface area contributed by atoms with Crippen molar-refractivity contribution in [3.63, 3.8) is 0 Å². The predicted molar refractivity (Wildman–Crippen MR) is 117 cm³/mol. The zero-order valence-electron chi connectivity index (χ0n) is 15.7. The molecule has 1 amide bonds. The Morgan fingerprint density at radius 1 is 1.10 bits per heavy atom. The zero-order valence-corrected chi connectivity index (χ0v) is 17.2. The van der Waals surface area contributed by atoms with Crippen LogP contribution in [0.4, 0.5) is 0 Å². The van der Waals surface area contributed by atoms with Crippen molar-refractivity contribution < 1.29 is 9.53 Å². The number of amides is 1. The van der Waals surface area contributed by atoms with Gasteiger partial charge in [-0.1, -0.05) is 29.8 Å². The van der Waals surface area contributed by atoms with Crippen molar-refractivity contribution in [3.05, 3.63) is 81.8 Å². The molecule has 0 aliphatic heterocycles. The lowest BCUT2D eigenvalue weighted by atomic mass is 10.3. The van der Waals surface area contributed by atoms with Crippen LogP contribution in [0.3, 0.4) is 0 Å². The van der Waals surface area contributed by atoms with E-state index >= 15 is 0 Å². The Labute approximate surface area is 177 Å². The van der Waals surface area contributed by atoms with Crippen LogP contribution in [0.5, 0.6) is 5.75 Å². The largest absolute Gasteiger partial charge is 0.494 e. The Hall–Kier alpha value is -2.83. The summed E-state index contributed by atoms with van der Waals surface area (Å²) in [5.74, 6) is 1.56. The van der Waals surface area contributed by atoms with E-state index in [0.717, 1.165) is 35.6 Å². The number of nitrogens with one attached hydrogen (secondary N) is 1. The number of thiophene rings is 1. The summed E-state index contributed by atoms with van der Waals surface area (Å²) in [7, 11) is 0. The summed E-state index contributed by atoms with van der Waals surface area (Å²) in [6, 6.07) is 19.0. The van der Waals surface area contributed by atoms with E-state index < -0.39 is 0 Å². The van der Waals surface area contributed by atoms with Gasteiger partial charge in [0.25, 0.3) is 5.91 Å². The second-order valence-electron chi connectivity index (χ2n) is 6.48. The van der Waals surface area contributed by atoms with Crippen molar-refractivity contribution in [2.75, 3.05) is 6.61 Å². The maximum atomic E-state index is 12.3. The van der Waals surface area contributed by atoms with Gasteiger partial charge in [-0.25, -0.2) is 4.98 Å². The normalized spacial score (nSPS) is 10.9. The third-order valence-corrected chi connectivity index (χ3v) is 5.61. The molecule has 0 aliphatic rings. The highest BCUT2D eigenvalue weighted by Gasteiger charge is 2.12. The number of hydrogen-bond acceptors (Lipinski definition) is 4. The van der Waals surface area contributed by atoms with Crippen LogP contribution in [0.1, 0.15) is 21.9 Å². The molecule has 148 valence electrons. The Balaban J connectivity index is 1.42. The molecule has 0 saturated carbocycles. The van der Waals surface area contributed by atoms with Gasteiger partial charge in [0, 0.05) is 11.6 Å². The number of para-hydroxylation sites is 2. The number of rotatable bonds is 8. The van der Waals surface area contributed by atoms with E-state index in [1.54, 1.807) is 0 Å². The van der Waals surface area contributed by atoms with Crippen LogP contribution in [0.15, 0.2) is 66.0 Å². The molecule has 5 nitrogen and oxygen atoms in total. The van der Waals surface area contributed by atoms with Crippen molar-refractivity contribution >= 4 is 39.9 Å². The number of carbonyl (C=O) groups is 1. The molecule has 0 bridgehead atoms. The second-order valence-corrected chi connectivity index (χ2v) is 7.87. The van der Waals surface area contributed by atoms with Crippen LogP contribution in [0.2, 0.25) is 5.02 Å². The fourth-order valence-electron chi connectivity index (χ4n) is 3.11. The van der Waals surface area contributed by atoms with Gasteiger partial charge in [-0.3, -0.25) is 4.79 Å². The molecule has 2 aromatic carbocycles. The summed E-state index contributed by atoms with van der Waals surface area (Å²) < 4.78 is 7.95. The lowest BCUT2D eigenvalue weighted by Crippen LogP contribution is -2.24. The molecule has 29 heavy (non-hydrogen) atoms. The van der Waals surface area contributed by atoms with Gasteiger partial charge >= 0.3 is 0 Å². The topological polar surface area (TPSA) is 56.2 Å². The number of hydrogen-bond donors (Lipinski definition) is 1. The standard InChI is InChI=1S/C22H20ClN3O2S/c23-16-8-10-17(11-9-16)28-13-4-12-26-19-6-2-1-5-18(19)25-21(26)15-24-22(27)20-7-3-14-29-20/h1-3,5-11,14H,4,12-13,15H2,(H,24,27). The van der Waals surface area contributed by atoms with Crippen LogP contribution in [-0.2, 0) is 13.1 Å². The van der Waals surface area contributed by atoms with Crippen LogP contribution >= 0.6 is 22.9 Å². The molecular formula is C22H20ClN3O2S. The van der Waals surface area contributed by atoms with Gasteiger partial charge < -0.3 is 14.6 Å². The molecule has 0 unspecified atom stereocenters. The number of aryl methyl sites for hydroxylation is 1. The molecule has 2 aromatic heterocycles. The molecule has 0 saturated heterocycles. The molecule has 1 N–H and O–H groups in total. The van der Waals surface area contributed by atoms with Gasteiger partial charge in [-0.15, -0.1) is 11.3 Å². The molecule has 4 aromatic rings. The quantitative estimate of drug-likeness (QED) is 0.397. The first kappa shape index (κ1) is 19.5. The SMILES string of the molecule is O=C(NCc1nc2ccccc2n1CCCOc1ccc(Cl)cc1)c1cccs1. The average molecular weight is 426 g/mol.